The third-order valence-electron chi connectivity index (χ3n) is 2.16. The lowest BCUT2D eigenvalue weighted by atomic mass is 10.2. The largest absolute Gasteiger partial charge is 0.477 e. The summed E-state index contributed by atoms with van der Waals surface area (Å²) in [4.78, 5) is 21.8. The number of carbonyl (C=O) groups is 1. The molecule has 0 fully saturated rings. The first-order valence-electron chi connectivity index (χ1n) is 4.66. The normalized spacial score (nSPS) is 10.1. The molecule has 0 spiro atoms. The Morgan fingerprint density at radius 1 is 1.29 bits per heavy atom. The molecule has 0 saturated carbocycles. The Morgan fingerprint density at radius 3 is 2.65 bits per heavy atom. The highest BCUT2D eigenvalue weighted by atomic mass is 32.1. The van der Waals surface area contributed by atoms with Gasteiger partial charge in [-0.3, -0.25) is 10.1 Å². The molecule has 1 heterocycles. The summed E-state index contributed by atoms with van der Waals surface area (Å²) in [5.74, 6) is -0.994. The maximum absolute atomic E-state index is 10.7. The van der Waals surface area contributed by atoms with Gasteiger partial charge in [0.1, 0.15) is 4.88 Å². The fourth-order valence-electron chi connectivity index (χ4n) is 1.38. The van der Waals surface area contributed by atoms with Crippen molar-refractivity contribution in [3.8, 4) is 10.4 Å². The number of rotatable bonds is 3. The number of hydrogen-bond acceptors (Lipinski definition) is 4. The van der Waals surface area contributed by atoms with Crippen molar-refractivity contribution >= 4 is 23.0 Å². The highest BCUT2D eigenvalue weighted by Gasteiger charge is 2.11. The van der Waals surface area contributed by atoms with E-state index in [1.165, 1.54) is 18.2 Å². The minimum Gasteiger partial charge on any atom is -0.477 e. The summed E-state index contributed by atoms with van der Waals surface area (Å²) in [6.45, 7) is 0. The number of nitrogens with zero attached hydrogens (tertiary/aromatic N) is 1. The number of carboxylic acid groups (broad SMARTS) is 1. The number of thiophene rings is 1. The SMILES string of the molecule is O=C(O)c1ccc(-c2cccc([N+](=O)[O-])c2)s1. The standard InChI is InChI=1S/C11H7NO4S/c13-11(14)10-5-4-9(17-10)7-2-1-3-8(6-7)12(15)16/h1-6H,(H,13,14). The van der Waals surface area contributed by atoms with Gasteiger partial charge in [0.25, 0.3) is 5.69 Å². The van der Waals surface area contributed by atoms with Crippen LogP contribution in [0.15, 0.2) is 36.4 Å². The number of aromatic carboxylic acids is 1. The van der Waals surface area contributed by atoms with Gasteiger partial charge in [-0.05, 0) is 17.7 Å². The van der Waals surface area contributed by atoms with Gasteiger partial charge in [-0.25, -0.2) is 4.79 Å². The Bertz CT molecular complexity index is 591. The van der Waals surface area contributed by atoms with Crippen LogP contribution >= 0.6 is 11.3 Å². The van der Waals surface area contributed by atoms with Crippen LogP contribution in [0, 0.1) is 10.1 Å². The van der Waals surface area contributed by atoms with Crippen molar-refractivity contribution in [1.82, 2.24) is 0 Å². The molecule has 6 heteroatoms. The predicted octanol–water partition coefficient (Wildman–Crippen LogP) is 3.02. The van der Waals surface area contributed by atoms with Gasteiger partial charge in [-0.15, -0.1) is 11.3 Å². The smallest absolute Gasteiger partial charge is 0.345 e. The van der Waals surface area contributed by atoms with Crippen LogP contribution in [0.2, 0.25) is 0 Å². The highest BCUT2D eigenvalue weighted by molar-refractivity contribution is 7.17. The zero-order chi connectivity index (χ0) is 12.4. The van der Waals surface area contributed by atoms with Gasteiger partial charge in [0.15, 0.2) is 0 Å². The summed E-state index contributed by atoms with van der Waals surface area (Å²) >= 11 is 1.09. The van der Waals surface area contributed by atoms with Crippen molar-refractivity contribution in [2.24, 2.45) is 0 Å². The van der Waals surface area contributed by atoms with E-state index in [1.54, 1.807) is 18.2 Å². The van der Waals surface area contributed by atoms with E-state index < -0.39 is 10.9 Å². The molecule has 5 nitrogen and oxygen atoms in total. The van der Waals surface area contributed by atoms with Crippen molar-refractivity contribution in [2.45, 2.75) is 0 Å². The number of non-ortho nitro benzene ring substituents is 1. The summed E-state index contributed by atoms with van der Waals surface area (Å²) in [5.41, 5.74) is 0.643. The van der Waals surface area contributed by atoms with Gasteiger partial charge in [-0.1, -0.05) is 12.1 Å². The summed E-state index contributed by atoms with van der Waals surface area (Å²) in [7, 11) is 0. The number of hydrogen-bond donors (Lipinski definition) is 1. The molecule has 0 aliphatic rings. The van der Waals surface area contributed by atoms with E-state index in [-0.39, 0.29) is 10.6 Å². The van der Waals surface area contributed by atoms with Crippen molar-refractivity contribution in [3.63, 3.8) is 0 Å². The molecule has 0 radical (unpaired) electrons. The van der Waals surface area contributed by atoms with Gasteiger partial charge in [-0.2, -0.15) is 0 Å². The van der Waals surface area contributed by atoms with Crippen LogP contribution in [0.3, 0.4) is 0 Å². The Labute approximate surface area is 100 Å². The minimum atomic E-state index is -0.994. The summed E-state index contributed by atoms with van der Waals surface area (Å²) in [6, 6.07) is 9.25. The molecule has 0 unspecified atom stereocenters. The number of carboxylic acids is 1. The van der Waals surface area contributed by atoms with Crippen molar-refractivity contribution in [2.75, 3.05) is 0 Å². The zero-order valence-electron chi connectivity index (χ0n) is 8.49. The molecular formula is C11H7NO4S. The van der Waals surface area contributed by atoms with Crippen LogP contribution in [-0.2, 0) is 0 Å². The monoisotopic (exact) mass is 249 g/mol. The molecule has 1 aromatic heterocycles. The predicted molar refractivity (Wildman–Crippen MR) is 63.4 cm³/mol. The molecule has 0 bridgehead atoms. The second-order valence-corrected chi connectivity index (χ2v) is 4.36. The lowest BCUT2D eigenvalue weighted by Crippen LogP contribution is -1.89. The molecule has 86 valence electrons. The first kappa shape index (κ1) is 11.3. The maximum Gasteiger partial charge on any atom is 0.345 e. The van der Waals surface area contributed by atoms with Crippen LogP contribution in [0.1, 0.15) is 9.67 Å². The fourth-order valence-corrected chi connectivity index (χ4v) is 2.22. The molecule has 0 saturated heterocycles. The van der Waals surface area contributed by atoms with E-state index in [1.807, 2.05) is 0 Å². The second-order valence-electron chi connectivity index (χ2n) is 3.28. The molecule has 0 atom stereocenters. The van der Waals surface area contributed by atoms with Gasteiger partial charge >= 0.3 is 5.97 Å². The average molecular weight is 249 g/mol. The topological polar surface area (TPSA) is 80.4 Å². The van der Waals surface area contributed by atoms with E-state index >= 15 is 0 Å². The van der Waals surface area contributed by atoms with Crippen LogP contribution in [-0.4, -0.2) is 16.0 Å². The molecule has 2 rings (SSSR count). The minimum absolute atomic E-state index is 0.00669. The molecular weight excluding hydrogens is 242 g/mol. The van der Waals surface area contributed by atoms with Crippen molar-refractivity contribution in [1.29, 1.82) is 0 Å². The van der Waals surface area contributed by atoms with Crippen LogP contribution in [0.4, 0.5) is 5.69 Å². The van der Waals surface area contributed by atoms with Gasteiger partial charge in [0.05, 0.1) is 4.92 Å². The molecule has 0 aliphatic carbocycles. The van der Waals surface area contributed by atoms with Gasteiger partial charge in [0, 0.05) is 17.0 Å². The van der Waals surface area contributed by atoms with E-state index in [2.05, 4.69) is 0 Å². The number of benzene rings is 1. The Morgan fingerprint density at radius 2 is 2.06 bits per heavy atom. The molecule has 2 aromatic rings. The number of nitro groups is 1. The summed E-state index contributed by atoms with van der Waals surface area (Å²) in [6.07, 6.45) is 0. The quantitative estimate of drug-likeness (QED) is 0.669. The van der Waals surface area contributed by atoms with Crippen molar-refractivity contribution < 1.29 is 14.8 Å². The summed E-state index contributed by atoms with van der Waals surface area (Å²) in [5, 5.41) is 19.4. The van der Waals surface area contributed by atoms with E-state index in [0.717, 1.165) is 11.3 Å². The van der Waals surface area contributed by atoms with Crippen molar-refractivity contribution in [3.05, 3.63) is 51.4 Å². The fraction of sp³-hybridized carbons (Fsp3) is 0. The third-order valence-corrected chi connectivity index (χ3v) is 3.28. The first-order valence-corrected chi connectivity index (χ1v) is 5.47. The molecule has 0 amide bonds. The zero-order valence-corrected chi connectivity index (χ0v) is 9.31. The summed E-state index contributed by atoms with van der Waals surface area (Å²) < 4.78 is 0. The highest BCUT2D eigenvalue weighted by Crippen LogP contribution is 2.30. The number of nitro benzene ring substituents is 1. The van der Waals surface area contributed by atoms with Gasteiger partial charge in [0.2, 0.25) is 0 Å². The van der Waals surface area contributed by atoms with E-state index in [9.17, 15) is 14.9 Å². The van der Waals surface area contributed by atoms with E-state index in [4.69, 9.17) is 5.11 Å². The maximum atomic E-state index is 10.7. The first-order chi connectivity index (χ1) is 8.08. The van der Waals surface area contributed by atoms with Gasteiger partial charge < -0.3 is 5.11 Å². The average Bonchev–Trinajstić information content (AvgIpc) is 2.78. The molecule has 17 heavy (non-hydrogen) atoms. The second kappa shape index (κ2) is 4.34. The lowest BCUT2D eigenvalue weighted by molar-refractivity contribution is -0.384. The van der Waals surface area contributed by atoms with Crippen LogP contribution in [0.25, 0.3) is 10.4 Å². The van der Waals surface area contributed by atoms with Crippen LogP contribution < -0.4 is 0 Å². The molecule has 1 aromatic carbocycles. The molecule has 0 aliphatic heterocycles. The Kier molecular flexibility index (Phi) is 2.88. The third kappa shape index (κ3) is 2.31. The van der Waals surface area contributed by atoms with E-state index in [0.29, 0.717) is 10.4 Å². The van der Waals surface area contributed by atoms with Crippen LogP contribution in [0.5, 0.6) is 0 Å². The lowest BCUT2D eigenvalue weighted by Gasteiger charge is -1.96. The molecule has 1 N–H and O–H groups in total. The Hall–Kier alpha value is -2.21. The Balaban J connectivity index is 2.42.